The third-order valence-corrected chi connectivity index (χ3v) is 2.87. The highest BCUT2D eigenvalue weighted by atomic mass is 35.5. The molecule has 0 aliphatic carbocycles. The monoisotopic (exact) mass is 241 g/mol. The third-order valence-electron chi connectivity index (χ3n) is 2.87. The van der Waals surface area contributed by atoms with Crippen LogP contribution in [-0.2, 0) is 0 Å². The maximum atomic E-state index is 10.9. The molecule has 88 valence electrons. The second-order valence-electron chi connectivity index (χ2n) is 3.89. The molecular formula is C12H16ClNO2. The first-order chi connectivity index (χ1) is 7.31. The van der Waals surface area contributed by atoms with Gasteiger partial charge in [-0.15, -0.1) is 12.4 Å². The van der Waals surface area contributed by atoms with E-state index in [1.165, 1.54) is 0 Å². The molecule has 1 aliphatic rings. The first kappa shape index (κ1) is 13.0. The summed E-state index contributed by atoms with van der Waals surface area (Å²) in [5.74, 6) is 0. The fourth-order valence-corrected chi connectivity index (χ4v) is 1.98. The van der Waals surface area contributed by atoms with Gasteiger partial charge in [-0.2, -0.15) is 0 Å². The Bertz CT molecular complexity index is 349. The minimum atomic E-state index is -0.176. The van der Waals surface area contributed by atoms with Crippen molar-refractivity contribution in [2.45, 2.75) is 18.9 Å². The molecule has 4 heteroatoms. The summed E-state index contributed by atoms with van der Waals surface area (Å²) in [6.45, 7) is 1.65. The van der Waals surface area contributed by atoms with Gasteiger partial charge in [-0.25, -0.2) is 0 Å². The van der Waals surface area contributed by atoms with Gasteiger partial charge >= 0.3 is 0 Å². The van der Waals surface area contributed by atoms with Crippen molar-refractivity contribution >= 4 is 24.4 Å². The van der Waals surface area contributed by atoms with Crippen LogP contribution in [0.3, 0.4) is 0 Å². The van der Waals surface area contributed by atoms with Crippen LogP contribution in [-0.4, -0.2) is 30.6 Å². The molecule has 1 heterocycles. The third kappa shape index (κ3) is 2.74. The molecule has 0 bridgehead atoms. The number of carbonyl (C=O) groups is 1. The maximum absolute atomic E-state index is 10.9. The number of aldehydes is 1. The molecule has 1 aromatic rings. The van der Waals surface area contributed by atoms with E-state index in [-0.39, 0.29) is 18.5 Å². The van der Waals surface area contributed by atoms with Crippen LogP contribution < -0.4 is 4.90 Å². The summed E-state index contributed by atoms with van der Waals surface area (Å²) >= 11 is 0. The summed E-state index contributed by atoms with van der Waals surface area (Å²) in [5, 5.41) is 9.40. The molecular weight excluding hydrogens is 226 g/mol. The molecule has 1 N–H and O–H groups in total. The Morgan fingerprint density at radius 3 is 2.50 bits per heavy atom. The highest BCUT2D eigenvalue weighted by Gasteiger charge is 2.18. The first-order valence-corrected chi connectivity index (χ1v) is 5.28. The van der Waals surface area contributed by atoms with Crippen molar-refractivity contribution in [2.24, 2.45) is 0 Å². The molecule has 0 saturated carbocycles. The maximum Gasteiger partial charge on any atom is 0.152 e. The summed E-state index contributed by atoms with van der Waals surface area (Å²) in [6.07, 6.45) is 2.28. The normalized spacial score (nSPS) is 16.7. The highest BCUT2D eigenvalue weighted by molar-refractivity contribution is 5.85. The fraction of sp³-hybridized carbons (Fsp3) is 0.417. The number of rotatable bonds is 2. The molecule has 0 spiro atoms. The molecule has 0 radical (unpaired) electrons. The van der Waals surface area contributed by atoms with Crippen LogP contribution in [0.25, 0.3) is 0 Å². The standard InChI is InChI=1S/C12H15NO2.ClH/c14-9-10-3-1-2-4-12(10)13-7-5-11(15)6-8-13;/h1-4,9,11,15H,5-8H2;1H. The van der Waals surface area contributed by atoms with Crippen LogP contribution in [0.2, 0.25) is 0 Å². The molecule has 0 aromatic heterocycles. The number of nitrogens with zero attached hydrogens (tertiary/aromatic N) is 1. The van der Waals surface area contributed by atoms with Crippen LogP contribution in [0.4, 0.5) is 5.69 Å². The second-order valence-corrected chi connectivity index (χ2v) is 3.89. The molecule has 1 fully saturated rings. The van der Waals surface area contributed by atoms with Gasteiger partial charge in [0, 0.05) is 24.3 Å². The molecule has 16 heavy (non-hydrogen) atoms. The topological polar surface area (TPSA) is 40.5 Å². The van der Waals surface area contributed by atoms with Gasteiger partial charge in [-0.1, -0.05) is 12.1 Å². The average molecular weight is 242 g/mol. The zero-order chi connectivity index (χ0) is 10.7. The first-order valence-electron chi connectivity index (χ1n) is 5.28. The average Bonchev–Trinajstić information content (AvgIpc) is 2.30. The van der Waals surface area contributed by atoms with Crippen LogP contribution in [0.5, 0.6) is 0 Å². The number of carbonyl (C=O) groups excluding carboxylic acids is 1. The van der Waals surface area contributed by atoms with E-state index in [4.69, 9.17) is 0 Å². The summed E-state index contributed by atoms with van der Waals surface area (Å²) in [6, 6.07) is 7.59. The fourth-order valence-electron chi connectivity index (χ4n) is 1.98. The van der Waals surface area contributed by atoms with Crippen LogP contribution >= 0.6 is 12.4 Å². The van der Waals surface area contributed by atoms with Gasteiger partial charge in [-0.05, 0) is 25.0 Å². The lowest BCUT2D eigenvalue weighted by Crippen LogP contribution is -2.36. The number of piperidine rings is 1. The molecule has 0 amide bonds. The van der Waals surface area contributed by atoms with Crippen molar-refractivity contribution in [3.63, 3.8) is 0 Å². The van der Waals surface area contributed by atoms with Crippen molar-refractivity contribution in [2.75, 3.05) is 18.0 Å². The molecule has 1 aromatic carbocycles. The summed E-state index contributed by atoms with van der Waals surface area (Å²) in [5.41, 5.74) is 1.72. The lowest BCUT2D eigenvalue weighted by molar-refractivity contribution is 0.112. The van der Waals surface area contributed by atoms with Gasteiger partial charge in [-0.3, -0.25) is 4.79 Å². The lowest BCUT2D eigenvalue weighted by atomic mass is 10.1. The van der Waals surface area contributed by atoms with Gasteiger partial charge in [0.25, 0.3) is 0 Å². The zero-order valence-electron chi connectivity index (χ0n) is 9.00. The van der Waals surface area contributed by atoms with E-state index in [9.17, 15) is 9.90 Å². The molecule has 2 rings (SSSR count). The van der Waals surface area contributed by atoms with Gasteiger partial charge in [0.05, 0.1) is 6.10 Å². The molecule has 1 saturated heterocycles. The molecule has 1 aliphatic heterocycles. The molecule has 0 atom stereocenters. The van der Waals surface area contributed by atoms with E-state index in [0.29, 0.717) is 0 Å². The van der Waals surface area contributed by atoms with E-state index >= 15 is 0 Å². The Morgan fingerprint density at radius 1 is 1.25 bits per heavy atom. The number of halogens is 1. The summed E-state index contributed by atoms with van der Waals surface area (Å²) in [4.78, 5) is 13.0. The summed E-state index contributed by atoms with van der Waals surface area (Å²) in [7, 11) is 0. The molecule has 3 nitrogen and oxygen atoms in total. The Balaban J connectivity index is 0.00000128. The lowest BCUT2D eigenvalue weighted by Gasteiger charge is -2.32. The van der Waals surface area contributed by atoms with Crippen molar-refractivity contribution in [1.82, 2.24) is 0 Å². The van der Waals surface area contributed by atoms with Gasteiger partial charge in [0.2, 0.25) is 0 Å². The van der Waals surface area contributed by atoms with Crippen molar-refractivity contribution in [3.05, 3.63) is 29.8 Å². The van der Waals surface area contributed by atoms with Crippen LogP contribution in [0.1, 0.15) is 23.2 Å². The zero-order valence-corrected chi connectivity index (χ0v) is 9.82. The van der Waals surface area contributed by atoms with Gasteiger partial charge in [0.1, 0.15) is 0 Å². The quantitative estimate of drug-likeness (QED) is 0.804. The largest absolute Gasteiger partial charge is 0.393 e. The van der Waals surface area contributed by atoms with Crippen molar-refractivity contribution in [3.8, 4) is 0 Å². The predicted molar refractivity (Wildman–Crippen MR) is 66.5 cm³/mol. The van der Waals surface area contributed by atoms with Crippen LogP contribution in [0.15, 0.2) is 24.3 Å². The minimum absolute atomic E-state index is 0. The van der Waals surface area contributed by atoms with Gasteiger partial charge in [0.15, 0.2) is 6.29 Å². The van der Waals surface area contributed by atoms with E-state index in [1.807, 2.05) is 24.3 Å². The number of hydrogen-bond donors (Lipinski definition) is 1. The van der Waals surface area contributed by atoms with Gasteiger partial charge < -0.3 is 10.0 Å². The Kier molecular flexibility index (Phi) is 4.77. The summed E-state index contributed by atoms with van der Waals surface area (Å²) < 4.78 is 0. The van der Waals surface area contributed by atoms with E-state index < -0.39 is 0 Å². The SMILES string of the molecule is Cl.O=Cc1ccccc1N1CCC(O)CC1. The van der Waals surface area contributed by atoms with E-state index in [1.54, 1.807) is 0 Å². The predicted octanol–water partition coefficient (Wildman–Crippen LogP) is 1.88. The second kappa shape index (κ2) is 5.87. The minimum Gasteiger partial charge on any atom is -0.393 e. The number of aliphatic hydroxyl groups is 1. The Morgan fingerprint density at radius 2 is 1.88 bits per heavy atom. The number of aliphatic hydroxyl groups excluding tert-OH is 1. The molecule has 0 unspecified atom stereocenters. The van der Waals surface area contributed by atoms with E-state index in [0.717, 1.165) is 43.5 Å². The van der Waals surface area contributed by atoms with Crippen molar-refractivity contribution in [1.29, 1.82) is 0 Å². The van der Waals surface area contributed by atoms with E-state index in [2.05, 4.69) is 4.90 Å². The Labute approximate surface area is 101 Å². The smallest absolute Gasteiger partial charge is 0.152 e. The number of hydrogen-bond acceptors (Lipinski definition) is 3. The number of benzene rings is 1. The number of anilines is 1. The van der Waals surface area contributed by atoms with Crippen LogP contribution in [0, 0.1) is 0 Å². The van der Waals surface area contributed by atoms with Crippen molar-refractivity contribution < 1.29 is 9.90 Å². The number of para-hydroxylation sites is 1. The highest BCUT2D eigenvalue weighted by Crippen LogP contribution is 2.22. The Hall–Kier alpha value is -1.06.